The van der Waals surface area contributed by atoms with E-state index in [0.717, 1.165) is 132 Å². The van der Waals surface area contributed by atoms with E-state index in [2.05, 4.69) is 229 Å². The third kappa shape index (κ3) is 8.44. The molecule has 0 fully saturated rings. The monoisotopic (exact) mass is 1290 g/mol. The molecule has 0 spiro atoms. The van der Waals surface area contributed by atoms with Crippen molar-refractivity contribution in [3.63, 3.8) is 0 Å². The van der Waals surface area contributed by atoms with Gasteiger partial charge in [0.15, 0.2) is 11.2 Å². The van der Waals surface area contributed by atoms with E-state index in [4.69, 9.17) is 22.3 Å². The van der Waals surface area contributed by atoms with Crippen LogP contribution in [-0.4, -0.2) is 12.7 Å². The molecule has 0 saturated carbocycles. The lowest BCUT2D eigenvalue weighted by Gasteiger charge is -2.19. The Bertz CT molecular complexity index is 6090. The first kappa shape index (κ1) is 53.8. The molecule has 16 aromatic carbocycles. The average Bonchev–Trinajstić information content (AvgIpc) is 1.36. The van der Waals surface area contributed by atoms with E-state index in [-0.39, 0.29) is 0 Å². The predicted octanol–water partition coefficient (Wildman–Crippen LogP) is 24.1. The minimum absolute atomic E-state index is 0.674. The van der Waals surface area contributed by atoms with Crippen LogP contribution in [0.3, 0.4) is 0 Å². The van der Waals surface area contributed by atoms with E-state index in [1.165, 1.54) is 65.3 Å². The Morgan fingerprint density at radius 1 is 0.250 bits per heavy atom. The summed E-state index contributed by atoms with van der Waals surface area (Å²) in [5.74, 6) is 0.674. The highest BCUT2D eigenvalue weighted by Crippen LogP contribution is 2.52. The number of hydrogen-bond acceptors (Lipinski definition) is 6. The van der Waals surface area contributed by atoms with Crippen LogP contribution in [0.4, 0.5) is 0 Å². The molecule has 0 unspecified atom stereocenters. The minimum Gasteiger partial charge on any atom is -0.537 e. The van der Waals surface area contributed by atoms with Gasteiger partial charge in [-0.25, -0.2) is 0 Å². The molecule has 8 heteroatoms. The zero-order valence-corrected chi connectivity index (χ0v) is 51.3. The van der Waals surface area contributed by atoms with E-state index < -0.39 is 0 Å². The summed E-state index contributed by atoms with van der Waals surface area (Å²) in [6.45, 7) is 0. The highest BCUT2D eigenvalue weighted by Gasteiger charge is 2.27. The second-order valence-corrected chi connectivity index (χ2v) is 24.3. The van der Waals surface area contributed by atoms with E-state index >= 15 is 0 Å². The van der Waals surface area contributed by atoms with Gasteiger partial charge in [0.25, 0.3) is 0 Å². The quantitative estimate of drug-likeness (QED) is 0.105. The maximum Gasteiger partial charge on any atom is 0.569 e. The van der Waals surface area contributed by atoms with Gasteiger partial charge in [-0.2, -0.15) is 0 Å². The SMILES string of the molecule is Ic1c2oc3ccccc3c2cc2c1oc1ccccc12.O[B]Oc1c2ccccc2c(-c2cccc3ccccc23)c2ccccc12.c1ccc2c(-c3c4ccccc4c(-c4c5oc6ccccc6c5cc5c4oc4ccccc45)c4ccccc34)cccc2c1. The van der Waals surface area contributed by atoms with Crippen molar-refractivity contribution in [1.82, 2.24) is 0 Å². The van der Waals surface area contributed by atoms with Crippen LogP contribution in [0.25, 0.3) is 186 Å². The summed E-state index contributed by atoms with van der Waals surface area (Å²) in [5.41, 5.74) is 14.1. The average molecular weight is 1290 g/mol. The molecule has 0 atom stereocenters. The summed E-state index contributed by atoms with van der Waals surface area (Å²) in [4.78, 5) is 0. The van der Waals surface area contributed by atoms with Gasteiger partial charge in [-0.05, 0) is 135 Å². The van der Waals surface area contributed by atoms with Crippen molar-refractivity contribution in [3.8, 4) is 39.1 Å². The smallest absolute Gasteiger partial charge is 0.537 e. The number of para-hydroxylation sites is 4. The van der Waals surface area contributed by atoms with Crippen LogP contribution in [0, 0.1) is 3.57 Å². The standard InChI is InChI=1S/C42H24O2.C24H16BO2.C18H9IO2/c1-2-14-26-25(12-1)13-11-21-29(26)38-30-17-3-5-19-32(30)39(33-20-6-4-18-31(33)38)40-41-34(27-15-7-9-22-36(27)43-41)24-35-28-16-8-10-23-37(28)44-42(35)40;26-25-27-24-21-13-5-3-11-19(21)23(20-12-4-6-14-22(20)24)18-15-7-9-16-8-1-2-10-17(16)18;19-16-17-12(10-5-1-3-7-14(10)20-17)9-13-11-6-2-4-8-15(11)21-18(13)16/h1-24H;1-15,26H;1-9H. The summed E-state index contributed by atoms with van der Waals surface area (Å²) in [6, 6.07) is 102. The third-order valence-corrected chi connectivity index (χ3v) is 19.3. The fourth-order valence-electron chi connectivity index (χ4n) is 14.4. The summed E-state index contributed by atoms with van der Waals surface area (Å²) < 4.78 is 32.1. The van der Waals surface area contributed by atoms with Gasteiger partial charge in [0.1, 0.15) is 39.2 Å². The molecule has 92 heavy (non-hydrogen) atoms. The van der Waals surface area contributed by atoms with Crippen LogP contribution < -0.4 is 4.65 Å². The molecule has 4 aromatic heterocycles. The molecule has 0 aliphatic rings. The summed E-state index contributed by atoms with van der Waals surface area (Å²) in [6.07, 6.45) is 0. The van der Waals surface area contributed by atoms with E-state index in [9.17, 15) is 5.02 Å². The third-order valence-electron chi connectivity index (χ3n) is 18.3. The zero-order valence-electron chi connectivity index (χ0n) is 49.2. The van der Waals surface area contributed by atoms with E-state index in [0.29, 0.717) is 5.75 Å². The molecule has 1 N–H and O–H groups in total. The number of furan rings is 4. The summed E-state index contributed by atoms with van der Waals surface area (Å²) in [5, 5.41) is 32.1. The van der Waals surface area contributed by atoms with E-state index in [1.54, 1.807) is 0 Å². The van der Waals surface area contributed by atoms with Gasteiger partial charge in [-0.1, -0.05) is 255 Å². The molecule has 20 rings (SSSR count). The van der Waals surface area contributed by atoms with Crippen molar-refractivity contribution in [2.24, 2.45) is 0 Å². The first-order chi connectivity index (χ1) is 45.6. The Balaban J connectivity index is 0.000000111. The molecule has 431 valence electrons. The van der Waals surface area contributed by atoms with Gasteiger partial charge >= 0.3 is 7.69 Å². The van der Waals surface area contributed by atoms with Crippen molar-refractivity contribution < 1.29 is 27.3 Å². The molecule has 0 amide bonds. The molecule has 0 saturated heterocycles. The molecule has 4 heterocycles. The fraction of sp³-hybridized carbons (Fsp3) is 0. The van der Waals surface area contributed by atoms with Crippen molar-refractivity contribution in [2.45, 2.75) is 0 Å². The van der Waals surface area contributed by atoms with Crippen molar-refractivity contribution in [2.75, 3.05) is 0 Å². The first-order valence-electron chi connectivity index (χ1n) is 30.7. The Morgan fingerprint density at radius 3 is 0.891 bits per heavy atom. The van der Waals surface area contributed by atoms with Gasteiger partial charge < -0.3 is 27.3 Å². The molecule has 20 aromatic rings. The highest BCUT2D eigenvalue weighted by atomic mass is 127. The lowest BCUT2D eigenvalue weighted by molar-refractivity contribution is 0.459. The van der Waals surface area contributed by atoms with E-state index in [1.807, 2.05) is 84.9 Å². The van der Waals surface area contributed by atoms with Gasteiger partial charge in [0.05, 0.1) is 9.13 Å². The summed E-state index contributed by atoms with van der Waals surface area (Å²) >= 11 is 2.32. The van der Waals surface area contributed by atoms with Crippen LogP contribution in [-0.2, 0) is 0 Å². The van der Waals surface area contributed by atoms with Gasteiger partial charge in [0.2, 0.25) is 0 Å². The number of fused-ring (bicyclic) bond motifs is 18. The zero-order chi connectivity index (χ0) is 61.0. The fourth-order valence-corrected chi connectivity index (χ4v) is 15.2. The summed E-state index contributed by atoms with van der Waals surface area (Å²) in [7, 11) is 0.756. The minimum atomic E-state index is 0.674. The van der Waals surface area contributed by atoms with Crippen LogP contribution in [0.1, 0.15) is 0 Å². The lowest BCUT2D eigenvalue weighted by atomic mass is 9.84. The molecule has 0 bridgehead atoms. The predicted molar refractivity (Wildman–Crippen MR) is 391 cm³/mol. The second-order valence-electron chi connectivity index (χ2n) is 23.3. The number of rotatable bonds is 5. The Hall–Kier alpha value is -11.2. The first-order valence-corrected chi connectivity index (χ1v) is 31.8. The molecule has 0 aliphatic heterocycles. The van der Waals surface area contributed by atoms with Crippen LogP contribution >= 0.6 is 22.6 Å². The Labute approximate surface area is 540 Å². The molecular formula is C84H49BIO6. The molecule has 0 aliphatic carbocycles. The van der Waals surface area contributed by atoms with Crippen molar-refractivity contribution >= 4 is 183 Å². The highest BCUT2D eigenvalue weighted by molar-refractivity contribution is 14.1. The number of benzene rings is 16. The van der Waals surface area contributed by atoms with Crippen LogP contribution in [0.15, 0.2) is 309 Å². The van der Waals surface area contributed by atoms with Gasteiger partial charge in [-0.3, -0.25) is 0 Å². The normalized spacial score (nSPS) is 11.8. The largest absolute Gasteiger partial charge is 0.569 e. The van der Waals surface area contributed by atoms with Gasteiger partial charge in [0, 0.05) is 59.4 Å². The van der Waals surface area contributed by atoms with Crippen LogP contribution in [0.5, 0.6) is 5.75 Å². The maximum atomic E-state index is 9.32. The maximum absolute atomic E-state index is 9.32. The van der Waals surface area contributed by atoms with Crippen molar-refractivity contribution in [1.29, 1.82) is 0 Å². The second kappa shape index (κ2) is 21.8. The lowest BCUT2D eigenvalue weighted by Crippen LogP contribution is -2.02. The molecule has 1 radical (unpaired) electrons. The number of halogens is 1. The van der Waals surface area contributed by atoms with Crippen LogP contribution in [0.2, 0.25) is 0 Å². The topological polar surface area (TPSA) is 82.0 Å². The Kier molecular flexibility index (Phi) is 12.8. The Morgan fingerprint density at radius 2 is 0.522 bits per heavy atom. The number of hydrogen-bond donors (Lipinski definition) is 1. The molecule has 6 nitrogen and oxygen atoms in total. The molecular weight excluding hydrogens is 1240 g/mol. The van der Waals surface area contributed by atoms with Crippen molar-refractivity contribution in [3.05, 3.63) is 295 Å². The van der Waals surface area contributed by atoms with Gasteiger partial charge in [-0.15, -0.1) is 0 Å².